The van der Waals surface area contributed by atoms with E-state index in [9.17, 15) is 5.11 Å². The molecule has 0 bridgehead atoms. The van der Waals surface area contributed by atoms with Crippen LogP contribution in [0.1, 0.15) is 19.4 Å². The maximum atomic E-state index is 9.54. The van der Waals surface area contributed by atoms with Crippen LogP contribution < -0.4 is 4.74 Å². The molecule has 0 aliphatic carbocycles. The second-order valence-electron chi connectivity index (χ2n) is 5.09. The average Bonchev–Trinajstić information content (AvgIpc) is 2.44. The van der Waals surface area contributed by atoms with Gasteiger partial charge in [0.15, 0.2) is 0 Å². The predicted octanol–water partition coefficient (Wildman–Crippen LogP) is 3.03. The molecule has 3 heteroatoms. The molecule has 0 saturated carbocycles. The lowest BCUT2D eigenvalue weighted by Crippen LogP contribution is -2.34. The molecule has 0 amide bonds. The molecule has 0 aliphatic rings. The number of ether oxygens (including phenoxy) is 2. The Morgan fingerprint density at radius 3 is 2.37 bits per heavy atom. The summed E-state index contributed by atoms with van der Waals surface area (Å²) in [6.45, 7) is 8.99. The van der Waals surface area contributed by atoms with Gasteiger partial charge in [-0.15, -0.1) is 6.58 Å². The van der Waals surface area contributed by atoms with E-state index < -0.39 is 0 Å². The summed E-state index contributed by atoms with van der Waals surface area (Å²) in [5.74, 6) is 1.12. The van der Waals surface area contributed by atoms with E-state index in [-0.39, 0.29) is 17.9 Å². The molecule has 0 heterocycles. The number of benzene rings is 1. The minimum absolute atomic E-state index is 0.0524. The maximum Gasteiger partial charge on any atom is 0.118 e. The van der Waals surface area contributed by atoms with Crippen molar-refractivity contribution in [3.63, 3.8) is 0 Å². The van der Waals surface area contributed by atoms with Crippen LogP contribution in [0.5, 0.6) is 5.75 Å². The molecule has 1 unspecified atom stereocenters. The van der Waals surface area contributed by atoms with Gasteiger partial charge in [0.25, 0.3) is 0 Å². The first kappa shape index (κ1) is 15.7. The number of hydrogen-bond acceptors (Lipinski definition) is 3. The van der Waals surface area contributed by atoms with Crippen LogP contribution in [0.4, 0.5) is 0 Å². The third-order valence-corrected chi connectivity index (χ3v) is 3.65. The van der Waals surface area contributed by atoms with Gasteiger partial charge in [0.05, 0.1) is 26.9 Å². The first-order valence-corrected chi connectivity index (χ1v) is 6.53. The van der Waals surface area contributed by atoms with Gasteiger partial charge >= 0.3 is 0 Å². The van der Waals surface area contributed by atoms with Gasteiger partial charge in [-0.25, -0.2) is 0 Å². The fourth-order valence-electron chi connectivity index (χ4n) is 1.83. The molecule has 0 fully saturated rings. The van der Waals surface area contributed by atoms with Crippen LogP contribution in [0.2, 0.25) is 0 Å². The van der Waals surface area contributed by atoms with Crippen LogP contribution in [0, 0.1) is 11.3 Å². The van der Waals surface area contributed by atoms with E-state index in [0.29, 0.717) is 13.2 Å². The topological polar surface area (TPSA) is 38.7 Å². The average molecular weight is 264 g/mol. The third kappa shape index (κ3) is 4.08. The SMILES string of the molecule is C=CC(CO)(COCc1ccc(OC)cc1)C(C)C. The summed E-state index contributed by atoms with van der Waals surface area (Å²) < 4.78 is 10.8. The van der Waals surface area contributed by atoms with Crippen molar-refractivity contribution in [1.82, 2.24) is 0 Å². The zero-order valence-corrected chi connectivity index (χ0v) is 12.1. The molecule has 0 spiro atoms. The number of methoxy groups -OCH3 is 1. The van der Waals surface area contributed by atoms with Gasteiger partial charge in [0, 0.05) is 5.41 Å². The van der Waals surface area contributed by atoms with Gasteiger partial charge in [-0.3, -0.25) is 0 Å². The summed E-state index contributed by atoms with van der Waals surface area (Å²) in [7, 11) is 1.65. The van der Waals surface area contributed by atoms with Crippen molar-refractivity contribution < 1.29 is 14.6 Å². The summed E-state index contributed by atoms with van der Waals surface area (Å²) in [4.78, 5) is 0. The molecule has 0 radical (unpaired) electrons. The van der Waals surface area contributed by atoms with Gasteiger partial charge in [0.1, 0.15) is 5.75 Å². The molecule has 19 heavy (non-hydrogen) atoms. The van der Waals surface area contributed by atoms with Crippen LogP contribution in [-0.4, -0.2) is 25.4 Å². The highest BCUT2D eigenvalue weighted by Crippen LogP contribution is 2.29. The van der Waals surface area contributed by atoms with E-state index in [0.717, 1.165) is 11.3 Å². The second-order valence-corrected chi connectivity index (χ2v) is 5.09. The van der Waals surface area contributed by atoms with Crippen LogP contribution in [0.15, 0.2) is 36.9 Å². The van der Waals surface area contributed by atoms with E-state index in [1.807, 2.05) is 24.3 Å². The lowest BCUT2D eigenvalue weighted by molar-refractivity contribution is 0.00152. The second kappa shape index (κ2) is 7.31. The van der Waals surface area contributed by atoms with Crippen LogP contribution in [0.25, 0.3) is 0 Å². The summed E-state index contributed by atoms with van der Waals surface area (Å²) in [6, 6.07) is 7.77. The molecule has 0 aromatic heterocycles. The molecule has 1 aromatic rings. The molecule has 0 saturated heterocycles. The molecule has 0 aliphatic heterocycles. The van der Waals surface area contributed by atoms with Gasteiger partial charge < -0.3 is 14.6 Å². The van der Waals surface area contributed by atoms with E-state index in [4.69, 9.17) is 9.47 Å². The normalized spacial score (nSPS) is 14.2. The molecule has 106 valence electrons. The number of aliphatic hydroxyl groups excluding tert-OH is 1. The van der Waals surface area contributed by atoms with E-state index in [2.05, 4.69) is 20.4 Å². The Labute approximate surface area is 115 Å². The molecule has 1 rings (SSSR count). The Morgan fingerprint density at radius 1 is 1.32 bits per heavy atom. The predicted molar refractivity (Wildman–Crippen MR) is 77.2 cm³/mol. The highest BCUT2D eigenvalue weighted by atomic mass is 16.5. The Morgan fingerprint density at radius 2 is 1.95 bits per heavy atom. The van der Waals surface area contributed by atoms with Crippen molar-refractivity contribution in [2.24, 2.45) is 11.3 Å². The van der Waals surface area contributed by atoms with Gasteiger partial charge in [-0.1, -0.05) is 32.1 Å². The van der Waals surface area contributed by atoms with Crippen molar-refractivity contribution in [2.45, 2.75) is 20.5 Å². The van der Waals surface area contributed by atoms with E-state index >= 15 is 0 Å². The lowest BCUT2D eigenvalue weighted by atomic mass is 9.79. The zero-order valence-electron chi connectivity index (χ0n) is 12.1. The van der Waals surface area contributed by atoms with Crippen molar-refractivity contribution in [2.75, 3.05) is 20.3 Å². The lowest BCUT2D eigenvalue weighted by Gasteiger charge is -2.32. The molecular weight excluding hydrogens is 240 g/mol. The smallest absolute Gasteiger partial charge is 0.118 e. The van der Waals surface area contributed by atoms with Crippen LogP contribution in [-0.2, 0) is 11.3 Å². The summed E-state index contributed by atoms with van der Waals surface area (Å²) >= 11 is 0. The Bertz CT molecular complexity index is 383. The highest BCUT2D eigenvalue weighted by molar-refractivity contribution is 5.26. The van der Waals surface area contributed by atoms with E-state index in [1.165, 1.54) is 0 Å². The number of hydrogen-bond donors (Lipinski definition) is 1. The van der Waals surface area contributed by atoms with Gasteiger partial charge in [0.2, 0.25) is 0 Å². The molecular formula is C16H24O3. The molecule has 1 aromatic carbocycles. The largest absolute Gasteiger partial charge is 0.497 e. The maximum absolute atomic E-state index is 9.54. The monoisotopic (exact) mass is 264 g/mol. The molecule has 1 N–H and O–H groups in total. The quantitative estimate of drug-likeness (QED) is 0.733. The summed E-state index contributed by atoms with van der Waals surface area (Å²) in [5, 5.41) is 9.54. The number of rotatable bonds is 8. The first-order chi connectivity index (χ1) is 9.07. The van der Waals surface area contributed by atoms with Gasteiger partial charge in [-0.05, 0) is 23.6 Å². The summed E-state index contributed by atoms with van der Waals surface area (Å²) in [6.07, 6.45) is 1.80. The first-order valence-electron chi connectivity index (χ1n) is 6.53. The van der Waals surface area contributed by atoms with Crippen LogP contribution >= 0.6 is 0 Å². The van der Waals surface area contributed by atoms with Crippen molar-refractivity contribution in [3.8, 4) is 5.75 Å². The zero-order chi connectivity index (χ0) is 14.3. The fraction of sp³-hybridized carbons (Fsp3) is 0.500. The minimum Gasteiger partial charge on any atom is -0.497 e. The Kier molecular flexibility index (Phi) is 6.06. The van der Waals surface area contributed by atoms with Gasteiger partial charge in [-0.2, -0.15) is 0 Å². The molecule has 1 atom stereocenters. The highest BCUT2D eigenvalue weighted by Gasteiger charge is 2.30. The standard InChI is InChI=1S/C16H24O3/c1-5-16(11-17,13(2)3)12-19-10-14-6-8-15(18-4)9-7-14/h5-9,13,17H,1,10-12H2,2-4H3. The van der Waals surface area contributed by atoms with E-state index in [1.54, 1.807) is 13.2 Å². The summed E-state index contributed by atoms with van der Waals surface area (Å²) in [5.41, 5.74) is 0.715. The van der Waals surface area contributed by atoms with Crippen molar-refractivity contribution >= 4 is 0 Å². The Balaban J connectivity index is 2.54. The fourth-order valence-corrected chi connectivity index (χ4v) is 1.83. The number of aliphatic hydroxyl groups is 1. The Hall–Kier alpha value is -1.32. The minimum atomic E-state index is -0.369. The molecule has 3 nitrogen and oxygen atoms in total. The van der Waals surface area contributed by atoms with Crippen molar-refractivity contribution in [1.29, 1.82) is 0 Å². The third-order valence-electron chi connectivity index (χ3n) is 3.65. The van der Waals surface area contributed by atoms with Crippen LogP contribution in [0.3, 0.4) is 0 Å². The van der Waals surface area contributed by atoms with Crippen molar-refractivity contribution in [3.05, 3.63) is 42.5 Å².